The monoisotopic (exact) mass is 219 g/mol. The highest BCUT2D eigenvalue weighted by atomic mass is 35.5. The van der Waals surface area contributed by atoms with E-state index in [1.54, 1.807) is 0 Å². The quantitative estimate of drug-likeness (QED) is 0.663. The van der Waals surface area contributed by atoms with Gasteiger partial charge >= 0.3 is 0 Å². The Bertz CT molecular complexity index is 517. The summed E-state index contributed by atoms with van der Waals surface area (Å²) in [5.74, 6) is 0.544. The first-order chi connectivity index (χ1) is 7.11. The van der Waals surface area contributed by atoms with Crippen LogP contribution in [-0.2, 0) is 5.88 Å². The van der Waals surface area contributed by atoms with Crippen molar-refractivity contribution in [3.63, 3.8) is 0 Å². The topological polar surface area (TPSA) is 12.9 Å². The van der Waals surface area contributed by atoms with Crippen molar-refractivity contribution in [2.75, 3.05) is 0 Å². The van der Waals surface area contributed by atoms with E-state index in [1.165, 1.54) is 22.1 Å². The molecule has 1 aromatic heterocycles. The molecule has 2 heteroatoms. The zero-order chi connectivity index (χ0) is 11.0. The zero-order valence-electron chi connectivity index (χ0n) is 9.26. The van der Waals surface area contributed by atoms with Gasteiger partial charge in [-0.25, -0.2) is 0 Å². The maximum Gasteiger partial charge on any atom is 0.0711 e. The molecule has 0 radical (unpaired) electrons. The number of alkyl halides is 1. The highest BCUT2D eigenvalue weighted by Crippen LogP contribution is 2.23. The molecule has 0 amide bonds. The summed E-state index contributed by atoms with van der Waals surface area (Å²) in [7, 11) is 0. The molecule has 1 aromatic carbocycles. The molecule has 0 N–H and O–H groups in total. The third-order valence-electron chi connectivity index (χ3n) is 2.78. The largest absolute Gasteiger partial charge is 0.253 e. The van der Waals surface area contributed by atoms with Crippen molar-refractivity contribution in [1.82, 2.24) is 4.98 Å². The summed E-state index contributed by atoms with van der Waals surface area (Å²) >= 11 is 5.94. The molecule has 0 atom stereocenters. The first-order valence-corrected chi connectivity index (χ1v) is 5.58. The maximum atomic E-state index is 5.94. The van der Waals surface area contributed by atoms with Crippen molar-refractivity contribution in [3.8, 4) is 0 Å². The van der Waals surface area contributed by atoms with E-state index >= 15 is 0 Å². The van der Waals surface area contributed by atoms with Crippen molar-refractivity contribution in [2.45, 2.75) is 26.7 Å². The highest BCUT2D eigenvalue weighted by molar-refractivity contribution is 6.18. The molecular formula is C13H14ClN. The number of pyridine rings is 1. The van der Waals surface area contributed by atoms with E-state index in [9.17, 15) is 0 Å². The predicted octanol–water partition coefficient (Wildman–Crippen LogP) is 3.90. The van der Waals surface area contributed by atoms with Crippen LogP contribution in [-0.4, -0.2) is 4.98 Å². The molecule has 0 saturated heterocycles. The SMILES string of the molecule is Cc1cc(CCl)c2cc(C)c(C)cc2n1. The van der Waals surface area contributed by atoms with Gasteiger partial charge in [0.05, 0.1) is 5.52 Å². The number of fused-ring (bicyclic) bond motifs is 1. The fraction of sp³-hybridized carbons (Fsp3) is 0.308. The second kappa shape index (κ2) is 3.82. The Balaban J connectivity index is 2.84. The van der Waals surface area contributed by atoms with Crippen LogP contribution in [0.15, 0.2) is 18.2 Å². The Morgan fingerprint density at radius 1 is 1.07 bits per heavy atom. The van der Waals surface area contributed by atoms with E-state index in [4.69, 9.17) is 11.6 Å². The van der Waals surface area contributed by atoms with Gasteiger partial charge in [0.15, 0.2) is 0 Å². The maximum absolute atomic E-state index is 5.94. The smallest absolute Gasteiger partial charge is 0.0711 e. The molecule has 2 aromatic rings. The average molecular weight is 220 g/mol. The zero-order valence-corrected chi connectivity index (χ0v) is 10.0. The molecule has 0 bridgehead atoms. The van der Waals surface area contributed by atoms with Crippen molar-refractivity contribution >= 4 is 22.5 Å². The predicted molar refractivity (Wildman–Crippen MR) is 65.5 cm³/mol. The van der Waals surface area contributed by atoms with Gasteiger partial charge in [-0.05, 0) is 55.7 Å². The summed E-state index contributed by atoms with van der Waals surface area (Å²) in [6, 6.07) is 6.37. The van der Waals surface area contributed by atoms with Crippen LogP contribution in [0, 0.1) is 20.8 Å². The van der Waals surface area contributed by atoms with Crippen LogP contribution in [0.2, 0.25) is 0 Å². The van der Waals surface area contributed by atoms with Gasteiger partial charge < -0.3 is 0 Å². The number of benzene rings is 1. The molecule has 0 aliphatic heterocycles. The Kier molecular flexibility index (Phi) is 2.66. The number of halogens is 1. The third-order valence-corrected chi connectivity index (χ3v) is 3.07. The summed E-state index contributed by atoms with van der Waals surface area (Å²) in [5, 5.41) is 1.18. The molecule has 0 spiro atoms. The van der Waals surface area contributed by atoms with Crippen molar-refractivity contribution < 1.29 is 0 Å². The van der Waals surface area contributed by atoms with E-state index in [-0.39, 0.29) is 0 Å². The lowest BCUT2D eigenvalue weighted by molar-refractivity contribution is 1.21. The molecular weight excluding hydrogens is 206 g/mol. The third kappa shape index (κ3) is 1.84. The standard InChI is InChI=1S/C13H14ClN/c1-8-4-12-11(7-14)6-10(3)15-13(12)5-9(8)2/h4-6H,7H2,1-3H3. The first kappa shape index (κ1) is 10.4. The van der Waals surface area contributed by atoms with Crippen LogP contribution < -0.4 is 0 Å². The van der Waals surface area contributed by atoms with Gasteiger partial charge in [-0.2, -0.15) is 0 Å². The number of aromatic nitrogens is 1. The summed E-state index contributed by atoms with van der Waals surface area (Å²) in [4.78, 5) is 4.53. The van der Waals surface area contributed by atoms with E-state index in [0.717, 1.165) is 11.2 Å². The van der Waals surface area contributed by atoms with Crippen LogP contribution >= 0.6 is 11.6 Å². The minimum Gasteiger partial charge on any atom is -0.253 e. The van der Waals surface area contributed by atoms with Crippen LogP contribution in [0.25, 0.3) is 10.9 Å². The molecule has 0 aliphatic carbocycles. The number of nitrogens with zero attached hydrogens (tertiary/aromatic N) is 1. The van der Waals surface area contributed by atoms with Gasteiger partial charge in [0.25, 0.3) is 0 Å². The molecule has 1 nitrogen and oxygen atoms in total. The Morgan fingerprint density at radius 3 is 2.40 bits per heavy atom. The highest BCUT2D eigenvalue weighted by Gasteiger charge is 2.05. The fourth-order valence-corrected chi connectivity index (χ4v) is 2.03. The number of aryl methyl sites for hydroxylation is 3. The summed E-state index contributed by atoms with van der Waals surface area (Å²) in [5.41, 5.74) is 5.82. The van der Waals surface area contributed by atoms with Crippen LogP contribution in [0.4, 0.5) is 0 Å². The molecule has 78 valence electrons. The minimum absolute atomic E-state index is 0.544. The van der Waals surface area contributed by atoms with Gasteiger partial charge in [-0.15, -0.1) is 11.6 Å². The first-order valence-electron chi connectivity index (χ1n) is 5.05. The Labute approximate surface area is 95.1 Å². The van der Waals surface area contributed by atoms with Crippen LogP contribution in [0.5, 0.6) is 0 Å². The average Bonchev–Trinajstić information content (AvgIpc) is 2.19. The second-order valence-electron chi connectivity index (χ2n) is 4.01. The molecule has 1 heterocycles. The number of rotatable bonds is 1. The van der Waals surface area contributed by atoms with Crippen LogP contribution in [0.1, 0.15) is 22.4 Å². The van der Waals surface area contributed by atoms with Gasteiger partial charge in [0.1, 0.15) is 0 Å². The number of hydrogen-bond acceptors (Lipinski definition) is 1. The van der Waals surface area contributed by atoms with E-state index in [1.807, 2.05) is 6.92 Å². The molecule has 2 rings (SSSR count). The second-order valence-corrected chi connectivity index (χ2v) is 4.28. The molecule has 0 aliphatic rings. The van der Waals surface area contributed by atoms with Gasteiger partial charge in [-0.3, -0.25) is 4.98 Å². The van der Waals surface area contributed by atoms with Crippen molar-refractivity contribution in [2.24, 2.45) is 0 Å². The minimum atomic E-state index is 0.544. The lowest BCUT2D eigenvalue weighted by atomic mass is 10.0. The lowest BCUT2D eigenvalue weighted by Gasteiger charge is -2.08. The van der Waals surface area contributed by atoms with E-state index in [2.05, 4.69) is 37.0 Å². The van der Waals surface area contributed by atoms with Crippen molar-refractivity contribution in [3.05, 3.63) is 40.6 Å². The number of hydrogen-bond donors (Lipinski definition) is 0. The van der Waals surface area contributed by atoms with Gasteiger partial charge in [-0.1, -0.05) is 0 Å². The summed E-state index contributed by atoms with van der Waals surface area (Å²) < 4.78 is 0. The van der Waals surface area contributed by atoms with Gasteiger partial charge in [0, 0.05) is 17.0 Å². The normalized spacial score (nSPS) is 10.9. The summed E-state index contributed by atoms with van der Waals surface area (Å²) in [6.07, 6.45) is 0. The summed E-state index contributed by atoms with van der Waals surface area (Å²) in [6.45, 7) is 6.23. The van der Waals surface area contributed by atoms with Crippen molar-refractivity contribution in [1.29, 1.82) is 0 Å². The van der Waals surface area contributed by atoms with E-state index in [0.29, 0.717) is 5.88 Å². The van der Waals surface area contributed by atoms with Gasteiger partial charge in [0.2, 0.25) is 0 Å². The lowest BCUT2D eigenvalue weighted by Crippen LogP contribution is -1.92. The van der Waals surface area contributed by atoms with Crippen LogP contribution in [0.3, 0.4) is 0 Å². The molecule has 0 unspecified atom stereocenters. The molecule has 15 heavy (non-hydrogen) atoms. The Morgan fingerprint density at radius 2 is 1.73 bits per heavy atom. The van der Waals surface area contributed by atoms with E-state index < -0.39 is 0 Å². The molecule has 0 saturated carbocycles. The molecule has 0 fully saturated rings. The fourth-order valence-electron chi connectivity index (χ4n) is 1.81. The Hall–Kier alpha value is -1.08.